The fourth-order valence-electron chi connectivity index (χ4n) is 3.61. The van der Waals surface area contributed by atoms with Crippen LogP contribution in [-0.2, 0) is 27.7 Å². The molecular weight excluding hydrogens is 394 g/mol. The Balaban J connectivity index is 1.30. The smallest absolute Gasteiger partial charge is 0.239 e. The predicted molar refractivity (Wildman–Crippen MR) is 108 cm³/mol. The Morgan fingerprint density at radius 1 is 1.10 bits per heavy atom. The molecule has 0 radical (unpaired) electrons. The predicted octanol–water partition coefficient (Wildman–Crippen LogP) is 0.827. The van der Waals surface area contributed by atoms with Gasteiger partial charge in [0.25, 0.3) is 0 Å². The summed E-state index contributed by atoms with van der Waals surface area (Å²) in [5.41, 5.74) is 2.83. The van der Waals surface area contributed by atoms with Gasteiger partial charge in [-0.3, -0.25) is 4.79 Å². The standard InChI is InChI=1S/C20H23N3O5S/c21-29(25,26)16-2-3-17-15(12-16)6-8-23(17)13-20(24)22-7-5-14-1-4-18-19(11-14)28-10-9-27-18/h1-4,11-12H,5-10,13H2,(H,22,24)(H2,21,25,26). The third-order valence-corrected chi connectivity index (χ3v) is 5.96. The van der Waals surface area contributed by atoms with E-state index in [4.69, 9.17) is 14.6 Å². The van der Waals surface area contributed by atoms with Gasteiger partial charge in [0.15, 0.2) is 11.5 Å². The molecule has 0 bridgehead atoms. The van der Waals surface area contributed by atoms with Crippen molar-refractivity contribution in [2.45, 2.75) is 17.7 Å². The number of hydrogen-bond acceptors (Lipinski definition) is 6. The zero-order valence-corrected chi connectivity index (χ0v) is 16.7. The van der Waals surface area contributed by atoms with Crippen LogP contribution in [0.15, 0.2) is 41.3 Å². The molecule has 0 aliphatic carbocycles. The van der Waals surface area contributed by atoms with Crippen molar-refractivity contribution in [3.63, 3.8) is 0 Å². The monoisotopic (exact) mass is 417 g/mol. The van der Waals surface area contributed by atoms with Crippen LogP contribution in [0.5, 0.6) is 11.5 Å². The first-order chi connectivity index (χ1) is 13.9. The summed E-state index contributed by atoms with van der Waals surface area (Å²) in [7, 11) is -3.72. The van der Waals surface area contributed by atoms with Gasteiger partial charge in [0.2, 0.25) is 15.9 Å². The van der Waals surface area contributed by atoms with Crippen molar-refractivity contribution in [3.05, 3.63) is 47.5 Å². The number of sulfonamides is 1. The summed E-state index contributed by atoms with van der Waals surface area (Å²) >= 11 is 0. The highest BCUT2D eigenvalue weighted by molar-refractivity contribution is 7.89. The molecule has 0 fully saturated rings. The van der Waals surface area contributed by atoms with Crippen molar-refractivity contribution in [1.82, 2.24) is 5.32 Å². The van der Waals surface area contributed by atoms with E-state index in [1.54, 1.807) is 12.1 Å². The van der Waals surface area contributed by atoms with Crippen LogP contribution < -0.4 is 24.8 Å². The van der Waals surface area contributed by atoms with Crippen LogP contribution in [0.3, 0.4) is 0 Å². The fraction of sp³-hybridized carbons (Fsp3) is 0.350. The van der Waals surface area contributed by atoms with Crippen molar-refractivity contribution >= 4 is 21.6 Å². The summed E-state index contributed by atoms with van der Waals surface area (Å²) in [5.74, 6) is 1.42. The summed E-state index contributed by atoms with van der Waals surface area (Å²) < 4.78 is 34.1. The lowest BCUT2D eigenvalue weighted by molar-refractivity contribution is -0.119. The molecule has 0 spiro atoms. The Morgan fingerprint density at radius 2 is 1.90 bits per heavy atom. The summed E-state index contributed by atoms with van der Waals surface area (Å²) in [6.45, 7) is 2.51. The highest BCUT2D eigenvalue weighted by Gasteiger charge is 2.23. The van der Waals surface area contributed by atoms with Gasteiger partial charge in [-0.2, -0.15) is 0 Å². The quantitative estimate of drug-likeness (QED) is 0.720. The maximum Gasteiger partial charge on any atom is 0.239 e. The third kappa shape index (κ3) is 4.46. The number of primary sulfonamides is 1. The second-order valence-electron chi connectivity index (χ2n) is 7.09. The normalized spacial score (nSPS) is 15.1. The molecule has 0 saturated heterocycles. The number of hydrogen-bond donors (Lipinski definition) is 2. The van der Waals surface area contributed by atoms with E-state index in [9.17, 15) is 13.2 Å². The number of benzene rings is 2. The minimum Gasteiger partial charge on any atom is -0.486 e. The zero-order valence-electron chi connectivity index (χ0n) is 15.9. The number of nitrogens with zero attached hydrogens (tertiary/aromatic N) is 1. The maximum absolute atomic E-state index is 12.3. The molecule has 0 unspecified atom stereocenters. The molecule has 2 aliphatic rings. The average molecular weight is 417 g/mol. The number of anilines is 1. The fourth-order valence-corrected chi connectivity index (χ4v) is 4.17. The van der Waals surface area contributed by atoms with Crippen LogP contribution in [0.4, 0.5) is 5.69 Å². The van der Waals surface area contributed by atoms with Gasteiger partial charge in [-0.25, -0.2) is 13.6 Å². The lowest BCUT2D eigenvalue weighted by Crippen LogP contribution is -2.37. The number of rotatable bonds is 6. The van der Waals surface area contributed by atoms with Crippen LogP contribution in [0.25, 0.3) is 0 Å². The zero-order chi connectivity index (χ0) is 20.4. The summed E-state index contributed by atoms with van der Waals surface area (Å²) in [4.78, 5) is 14.4. The molecule has 0 atom stereocenters. The van der Waals surface area contributed by atoms with Crippen molar-refractivity contribution < 1.29 is 22.7 Å². The lowest BCUT2D eigenvalue weighted by Gasteiger charge is -2.20. The number of ether oxygens (including phenoxy) is 2. The van der Waals surface area contributed by atoms with Gasteiger partial charge in [-0.15, -0.1) is 0 Å². The van der Waals surface area contributed by atoms with Crippen molar-refractivity contribution in [2.24, 2.45) is 5.14 Å². The van der Waals surface area contributed by atoms with Gasteiger partial charge in [0, 0.05) is 18.8 Å². The van der Waals surface area contributed by atoms with Gasteiger partial charge in [0.05, 0.1) is 11.4 Å². The highest BCUT2D eigenvalue weighted by atomic mass is 32.2. The molecule has 1 amide bonds. The Kier molecular flexibility index (Phi) is 5.33. The topological polar surface area (TPSA) is 111 Å². The molecule has 2 heterocycles. The van der Waals surface area contributed by atoms with Gasteiger partial charge in [0.1, 0.15) is 13.2 Å². The summed E-state index contributed by atoms with van der Waals surface area (Å²) in [6, 6.07) is 10.6. The van der Waals surface area contributed by atoms with Gasteiger partial charge < -0.3 is 19.7 Å². The van der Waals surface area contributed by atoms with Crippen LogP contribution >= 0.6 is 0 Å². The first-order valence-electron chi connectivity index (χ1n) is 9.46. The van der Waals surface area contributed by atoms with E-state index in [-0.39, 0.29) is 17.3 Å². The van der Waals surface area contributed by atoms with Crippen LogP contribution in [0, 0.1) is 0 Å². The Hall–Kier alpha value is -2.78. The number of carbonyl (C=O) groups excluding carboxylic acids is 1. The number of amides is 1. The van der Waals surface area contributed by atoms with E-state index in [1.807, 2.05) is 23.1 Å². The molecule has 0 aromatic heterocycles. The number of carbonyl (C=O) groups is 1. The van der Waals surface area contributed by atoms with Crippen LogP contribution in [-0.4, -0.2) is 47.2 Å². The van der Waals surface area contributed by atoms with Gasteiger partial charge in [-0.05, 0) is 54.3 Å². The van der Waals surface area contributed by atoms with E-state index in [2.05, 4.69) is 5.32 Å². The molecule has 2 aromatic rings. The van der Waals surface area contributed by atoms with E-state index in [1.165, 1.54) is 6.07 Å². The molecule has 9 heteroatoms. The minimum atomic E-state index is -3.72. The molecular formula is C20H23N3O5S. The Labute approximate surface area is 169 Å². The molecule has 2 aliphatic heterocycles. The number of fused-ring (bicyclic) bond motifs is 2. The Morgan fingerprint density at radius 3 is 2.69 bits per heavy atom. The molecule has 2 aromatic carbocycles. The molecule has 8 nitrogen and oxygen atoms in total. The van der Waals surface area contributed by atoms with Crippen molar-refractivity contribution in [2.75, 3.05) is 37.7 Å². The first kappa shape index (κ1) is 19.5. The Bertz CT molecular complexity index is 1040. The highest BCUT2D eigenvalue weighted by Crippen LogP contribution is 2.31. The second-order valence-corrected chi connectivity index (χ2v) is 8.65. The molecule has 3 N–H and O–H groups in total. The largest absolute Gasteiger partial charge is 0.486 e. The maximum atomic E-state index is 12.3. The number of nitrogens with one attached hydrogen (secondary N) is 1. The van der Waals surface area contributed by atoms with E-state index in [0.717, 1.165) is 28.3 Å². The van der Waals surface area contributed by atoms with Gasteiger partial charge >= 0.3 is 0 Å². The second kappa shape index (κ2) is 7.92. The van der Waals surface area contributed by atoms with E-state index in [0.29, 0.717) is 39.1 Å². The van der Waals surface area contributed by atoms with Gasteiger partial charge in [-0.1, -0.05) is 6.07 Å². The van der Waals surface area contributed by atoms with E-state index < -0.39 is 10.0 Å². The molecule has 0 saturated carbocycles. The SMILES string of the molecule is NS(=O)(=O)c1ccc2c(c1)CCN2CC(=O)NCCc1ccc2c(c1)OCCO2. The van der Waals surface area contributed by atoms with Crippen molar-refractivity contribution in [1.29, 1.82) is 0 Å². The number of nitrogens with two attached hydrogens (primary N) is 1. The molecule has 4 rings (SSSR count). The van der Waals surface area contributed by atoms with Crippen LogP contribution in [0.1, 0.15) is 11.1 Å². The van der Waals surface area contributed by atoms with E-state index >= 15 is 0 Å². The average Bonchev–Trinajstić information content (AvgIpc) is 3.09. The first-order valence-corrected chi connectivity index (χ1v) is 11.0. The molecule has 154 valence electrons. The lowest BCUT2D eigenvalue weighted by atomic mass is 10.1. The molecule has 29 heavy (non-hydrogen) atoms. The van der Waals surface area contributed by atoms with Crippen molar-refractivity contribution in [3.8, 4) is 11.5 Å². The minimum absolute atomic E-state index is 0.0779. The summed E-state index contributed by atoms with van der Waals surface area (Å²) in [5, 5.41) is 8.12. The third-order valence-electron chi connectivity index (χ3n) is 5.05. The van der Waals surface area contributed by atoms with Crippen LogP contribution in [0.2, 0.25) is 0 Å². The summed E-state index contributed by atoms with van der Waals surface area (Å²) in [6.07, 6.45) is 1.37.